The molecule has 1 heterocycles. The van der Waals surface area contributed by atoms with Crippen LogP contribution in [-0.2, 0) is 18.0 Å². The lowest BCUT2D eigenvalue weighted by molar-refractivity contribution is 0.0898. The Bertz CT molecular complexity index is 551. The fourth-order valence-corrected chi connectivity index (χ4v) is 2.63. The topological polar surface area (TPSA) is 53.1 Å². The van der Waals surface area contributed by atoms with E-state index in [2.05, 4.69) is 30.7 Å². The minimum absolute atomic E-state index is 0. The number of ether oxygens (including phenoxy) is 1. The lowest BCUT2D eigenvalue weighted by Crippen LogP contribution is -2.21. The molecule has 0 radical (unpaired) electrons. The summed E-state index contributed by atoms with van der Waals surface area (Å²) in [7, 11) is -1.01. The van der Waals surface area contributed by atoms with Crippen molar-refractivity contribution in [3.8, 4) is 0 Å². The van der Waals surface area contributed by atoms with Crippen molar-refractivity contribution in [2.45, 2.75) is 39.0 Å². The molecule has 0 atom stereocenters. The normalized spacial score (nSPS) is 11.6. The van der Waals surface area contributed by atoms with E-state index in [0.717, 1.165) is 23.2 Å². The van der Waals surface area contributed by atoms with Gasteiger partial charge in [-0.15, -0.1) is 12.4 Å². The molecule has 6 heteroatoms. The number of aromatic nitrogens is 2. The summed E-state index contributed by atoms with van der Waals surface area (Å²) < 4.78 is 7.80. The summed E-state index contributed by atoms with van der Waals surface area (Å²) >= 11 is 0. The summed E-state index contributed by atoms with van der Waals surface area (Å²) in [5.74, 6) is 0. The van der Waals surface area contributed by atoms with Crippen LogP contribution >= 0.6 is 12.4 Å². The zero-order valence-corrected chi connectivity index (χ0v) is 14.2. The minimum Gasteiger partial charge on any atom is -0.361 e. The molecule has 2 rings (SSSR count). The van der Waals surface area contributed by atoms with Crippen molar-refractivity contribution in [3.63, 3.8) is 0 Å². The average Bonchev–Trinajstić information content (AvgIpc) is 2.76. The predicted molar refractivity (Wildman–Crippen MR) is 89.0 cm³/mol. The zero-order chi connectivity index (χ0) is 13.9. The second kappa shape index (κ2) is 7.22. The van der Waals surface area contributed by atoms with Crippen molar-refractivity contribution < 1.29 is 4.74 Å². The van der Waals surface area contributed by atoms with Gasteiger partial charge in [-0.25, -0.2) is 4.98 Å². The fraction of sp³-hybridized carbons (Fsp3) is 0.500. The summed E-state index contributed by atoms with van der Waals surface area (Å²) in [6.45, 7) is 9.02. The van der Waals surface area contributed by atoms with Crippen LogP contribution in [0.5, 0.6) is 0 Å². The first-order valence-electron chi connectivity index (χ1n) is 6.71. The predicted octanol–water partition coefficient (Wildman–Crippen LogP) is 3.23. The molecule has 0 aliphatic rings. The van der Waals surface area contributed by atoms with Crippen LogP contribution in [0.2, 0.25) is 25.7 Å². The largest absolute Gasteiger partial charge is 0.361 e. The quantitative estimate of drug-likeness (QED) is 0.658. The summed E-state index contributed by atoms with van der Waals surface area (Å²) in [6, 6.07) is 7.31. The van der Waals surface area contributed by atoms with Crippen LogP contribution in [0.3, 0.4) is 0 Å². The van der Waals surface area contributed by atoms with Crippen molar-refractivity contribution in [1.29, 1.82) is 0 Å². The molecule has 2 aromatic rings. The molecule has 0 unspecified atom stereocenters. The molecule has 0 aliphatic heterocycles. The van der Waals surface area contributed by atoms with E-state index in [1.807, 2.05) is 23.0 Å². The third-order valence-electron chi connectivity index (χ3n) is 3.15. The molecule has 2 N–H and O–H groups in total. The highest BCUT2D eigenvalue weighted by atomic mass is 35.5. The number of imidazole rings is 1. The smallest absolute Gasteiger partial charge is 0.124 e. The standard InChI is InChI=1S/C14H23N3OSi.ClH/c1-19(2,3)7-6-18-11-17-10-16-13-5-4-12(9-15)8-14(13)17;/h4-5,8,10H,6-7,9,11,15H2,1-3H3;1H. The van der Waals surface area contributed by atoms with Gasteiger partial charge in [0.25, 0.3) is 0 Å². The Balaban J connectivity index is 0.00000200. The second-order valence-electron chi connectivity index (χ2n) is 6.09. The van der Waals surface area contributed by atoms with Crippen molar-refractivity contribution in [2.24, 2.45) is 5.73 Å². The highest BCUT2D eigenvalue weighted by molar-refractivity contribution is 6.76. The van der Waals surface area contributed by atoms with Crippen LogP contribution in [0.15, 0.2) is 24.5 Å². The Morgan fingerprint density at radius 3 is 2.70 bits per heavy atom. The molecule has 0 saturated carbocycles. The van der Waals surface area contributed by atoms with Gasteiger partial charge in [0, 0.05) is 21.2 Å². The number of nitrogens with two attached hydrogens (primary N) is 1. The molecule has 0 amide bonds. The first kappa shape index (κ1) is 17.2. The van der Waals surface area contributed by atoms with Gasteiger partial charge in [-0.2, -0.15) is 0 Å². The summed E-state index contributed by atoms with van der Waals surface area (Å²) in [6.07, 6.45) is 1.83. The highest BCUT2D eigenvalue weighted by Gasteiger charge is 2.12. The Morgan fingerprint density at radius 1 is 1.30 bits per heavy atom. The van der Waals surface area contributed by atoms with E-state index in [-0.39, 0.29) is 12.4 Å². The molecular formula is C14H24ClN3OSi. The van der Waals surface area contributed by atoms with Gasteiger partial charge in [0.2, 0.25) is 0 Å². The number of benzene rings is 1. The summed E-state index contributed by atoms with van der Waals surface area (Å²) in [5.41, 5.74) is 8.88. The summed E-state index contributed by atoms with van der Waals surface area (Å²) in [5, 5.41) is 0. The van der Waals surface area contributed by atoms with Crippen molar-refractivity contribution in [3.05, 3.63) is 30.1 Å². The number of hydrogen-bond acceptors (Lipinski definition) is 3. The first-order valence-corrected chi connectivity index (χ1v) is 10.4. The van der Waals surface area contributed by atoms with Gasteiger partial charge in [-0.3, -0.25) is 0 Å². The molecule has 112 valence electrons. The molecular weight excluding hydrogens is 290 g/mol. The van der Waals surface area contributed by atoms with Gasteiger partial charge in [-0.1, -0.05) is 25.7 Å². The van der Waals surface area contributed by atoms with E-state index in [9.17, 15) is 0 Å². The third-order valence-corrected chi connectivity index (χ3v) is 4.85. The van der Waals surface area contributed by atoms with E-state index < -0.39 is 8.07 Å². The Morgan fingerprint density at radius 2 is 2.05 bits per heavy atom. The Hall–Kier alpha value is -0.883. The number of fused-ring (bicyclic) bond motifs is 1. The van der Waals surface area contributed by atoms with E-state index >= 15 is 0 Å². The molecule has 0 fully saturated rings. The molecule has 1 aromatic carbocycles. The van der Waals surface area contributed by atoms with Gasteiger partial charge < -0.3 is 15.0 Å². The molecule has 0 aliphatic carbocycles. The monoisotopic (exact) mass is 313 g/mol. The first-order chi connectivity index (χ1) is 8.99. The summed E-state index contributed by atoms with van der Waals surface area (Å²) in [4.78, 5) is 4.37. The second-order valence-corrected chi connectivity index (χ2v) is 11.7. The number of rotatable bonds is 6. The van der Waals surface area contributed by atoms with Gasteiger partial charge in [-0.05, 0) is 23.7 Å². The minimum atomic E-state index is -1.01. The maximum Gasteiger partial charge on any atom is 0.124 e. The lowest BCUT2D eigenvalue weighted by atomic mass is 10.2. The fourth-order valence-electron chi connectivity index (χ4n) is 1.87. The number of hydrogen-bond donors (Lipinski definition) is 1. The highest BCUT2D eigenvalue weighted by Crippen LogP contribution is 2.15. The average molecular weight is 314 g/mol. The van der Waals surface area contributed by atoms with Gasteiger partial charge in [0.1, 0.15) is 6.73 Å². The van der Waals surface area contributed by atoms with Crippen LogP contribution in [-0.4, -0.2) is 24.2 Å². The Kier molecular flexibility index (Phi) is 6.20. The van der Waals surface area contributed by atoms with E-state index in [1.165, 1.54) is 6.04 Å². The van der Waals surface area contributed by atoms with Crippen molar-refractivity contribution in [2.75, 3.05) is 6.61 Å². The molecule has 4 nitrogen and oxygen atoms in total. The van der Waals surface area contributed by atoms with E-state index in [0.29, 0.717) is 13.3 Å². The molecule has 0 bridgehead atoms. The van der Waals surface area contributed by atoms with Crippen LogP contribution in [0.4, 0.5) is 0 Å². The number of halogens is 1. The van der Waals surface area contributed by atoms with Crippen LogP contribution in [0, 0.1) is 0 Å². The Labute approximate surface area is 127 Å². The molecule has 0 spiro atoms. The van der Waals surface area contributed by atoms with Crippen molar-refractivity contribution in [1.82, 2.24) is 9.55 Å². The maximum atomic E-state index is 5.76. The van der Waals surface area contributed by atoms with Gasteiger partial charge in [0.05, 0.1) is 17.4 Å². The third kappa shape index (κ3) is 4.59. The molecule has 1 aromatic heterocycles. The van der Waals surface area contributed by atoms with E-state index in [4.69, 9.17) is 10.5 Å². The SMILES string of the molecule is C[Si](C)(C)CCOCn1cnc2ccc(CN)cc21.Cl. The van der Waals surface area contributed by atoms with Gasteiger partial charge >= 0.3 is 0 Å². The van der Waals surface area contributed by atoms with Gasteiger partial charge in [0.15, 0.2) is 0 Å². The number of nitrogens with zero attached hydrogens (tertiary/aromatic N) is 2. The maximum absolute atomic E-state index is 5.76. The molecule has 20 heavy (non-hydrogen) atoms. The zero-order valence-electron chi connectivity index (χ0n) is 12.4. The van der Waals surface area contributed by atoms with Crippen LogP contribution in [0.25, 0.3) is 11.0 Å². The van der Waals surface area contributed by atoms with Crippen molar-refractivity contribution >= 4 is 31.5 Å². The van der Waals surface area contributed by atoms with Crippen LogP contribution < -0.4 is 5.73 Å². The molecule has 0 saturated heterocycles. The lowest BCUT2D eigenvalue weighted by Gasteiger charge is -2.15. The van der Waals surface area contributed by atoms with Crippen LogP contribution in [0.1, 0.15) is 5.56 Å². The van der Waals surface area contributed by atoms with E-state index in [1.54, 1.807) is 0 Å².